The number of hydrogen-bond donors (Lipinski definition) is 1. The van der Waals surface area contributed by atoms with Crippen LogP contribution < -0.4 is 5.32 Å². The third-order valence-corrected chi connectivity index (χ3v) is 3.90. The molecule has 2 rings (SSSR count). The van der Waals surface area contributed by atoms with Gasteiger partial charge in [0.25, 0.3) is 0 Å². The Balaban J connectivity index is 2.38. The lowest BCUT2D eigenvalue weighted by Gasteiger charge is -2.20. The molecular formula is C17H19BrFN. The smallest absolute Gasteiger partial charge is 0.129 e. The maximum Gasteiger partial charge on any atom is 0.129 e. The van der Waals surface area contributed by atoms with Gasteiger partial charge >= 0.3 is 0 Å². The molecule has 0 aliphatic carbocycles. The van der Waals surface area contributed by atoms with Gasteiger partial charge in [0.2, 0.25) is 0 Å². The molecule has 0 aromatic heterocycles. The highest BCUT2D eigenvalue weighted by Gasteiger charge is 2.17. The van der Waals surface area contributed by atoms with Crippen molar-refractivity contribution < 1.29 is 4.39 Å². The first-order valence-electron chi connectivity index (χ1n) is 6.92. The van der Waals surface area contributed by atoms with Crippen LogP contribution >= 0.6 is 15.9 Å². The molecule has 2 aromatic rings. The molecule has 1 atom stereocenters. The summed E-state index contributed by atoms with van der Waals surface area (Å²) in [6.07, 6.45) is 1.01. The number of halogens is 2. The molecule has 0 amide bonds. The van der Waals surface area contributed by atoms with E-state index in [1.807, 2.05) is 19.1 Å². The van der Waals surface area contributed by atoms with E-state index >= 15 is 0 Å². The maximum absolute atomic E-state index is 14.2. The first-order valence-corrected chi connectivity index (χ1v) is 7.72. The van der Waals surface area contributed by atoms with Crippen LogP contribution in [-0.2, 0) is 6.42 Å². The molecule has 0 heterocycles. The van der Waals surface area contributed by atoms with E-state index in [-0.39, 0.29) is 11.9 Å². The minimum absolute atomic E-state index is 0.112. The second-order valence-electron chi connectivity index (χ2n) is 4.75. The molecule has 1 unspecified atom stereocenters. The largest absolute Gasteiger partial charge is 0.306 e. The fourth-order valence-corrected chi connectivity index (χ4v) is 2.63. The van der Waals surface area contributed by atoms with Crippen molar-refractivity contribution in [3.63, 3.8) is 0 Å². The topological polar surface area (TPSA) is 12.0 Å². The van der Waals surface area contributed by atoms with Gasteiger partial charge in [-0.25, -0.2) is 4.39 Å². The van der Waals surface area contributed by atoms with E-state index < -0.39 is 0 Å². The van der Waals surface area contributed by atoms with Gasteiger partial charge in [0.1, 0.15) is 5.82 Å². The summed E-state index contributed by atoms with van der Waals surface area (Å²) < 4.78 is 14.9. The minimum atomic E-state index is -0.190. The van der Waals surface area contributed by atoms with E-state index in [1.54, 1.807) is 0 Å². The standard InChI is InChI=1S/C17H19BrFN/c1-3-12-5-7-13(8-6-12)17(20-4-2)15-10-9-14(18)11-16(15)19/h5-11,17,20H,3-4H2,1-2H3. The van der Waals surface area contributed by atoms with Crippen LogP contribution in [0.5, 0.6) is 0 Å². The van der Waals surface area contributed by atoms with Gasteiger partial charge < -0.3 is 5.32 Å². The van der Waals surface area contributed by atoms with Gasteiger partial charge in [0.15, 0.2) is 0 Å². The minimum Gasteiger partial charge on any atom is -0.306 e. The number of nitrogens with one attached hydrogen (secondary N) is 1. The van der Waals surface area contributed by atoms with Crippen LogP contribution in [-0.4, -0.2) is 6.54 Å². The highest BCUT2D eigenvalue weighted by atomic mass is 79.9. The highest BCUT2D eigenvalue weighted by molar-refractivity contribution is 9.10. The van der Waals surface area contributed by atoms with Gasteiger partial charge in [-0.15, -0.1) is 0 Å². The molecule has 0 radical (unpaired) electrons. The Morgan fingerprint density at radius 1 is 1.10 bits per heavy atom. The maximum atomic E-state index is 14.2. The van der Waals surface area contributed by atoms with Crippen LogP contribution in [0.2, 0.25) is 0 Å². The summed E-state index contributed by atoms with van der Waals surface area (Å²) in [7, 11) is 0. The third-order valence-electron chi connectivity index (χ3n) is 3.40. The Bertz CT molecular complexity index is 566. The lowest BCUT2D eigenvalue weighted by atomic mass is 9.97. The van der Waals surface area contributed by atoms with Crippen molar-refractivity contribution in [2.75, 3.05) is 6.54 Å². The van der Waals surface area contributed by atoms with Crippen LogP contribution in [0.3, 0.4) is 0 Å². The molecule has 0 saturated heterocycles. The van der Waals surface area contributed by atoms with Crippen molar-refractivity contribution in [3.8, 4) is 0 Å². The van der Waals surface area contributed by atoms with Crippen molar-refractivity contribution in [1.82, 2.24) is 5.32 Å². The molecule has 0 aliphatic heterocycles. The van der Waals surface area contributed by atoms with Crippen LogP contribution in [0.15, 0.2) is 46.9 Å². The summed E-state index contributed by atoms with van der Waals surface area (Å²) in [6, 6.07) is 13.5. The molecule has 1 nitrogen and oxygen atoms in total. The van der Waals surface area contributed by atoms with E-state index in [0.29, 0.717) is 5.56 Å². The predicted molar refractivity (Wildman–Crippen MR) is 85.4 cm³/mol. The van der Waals surface area contributed by atoms with Crippen molar-refractivity contribution >= 4 is 15.9 Å². The lowest BCUT2D eigenvalue weighted by molar-refractivity contribution is 0.558. The van der Waals surface area contributed by atoms with Gasteiger partial charge in [-0.2, -0.15) is 0 Å². The zero-order valence-corrected chi connectivity index (χ0v) is 13.4. The fourth-order valence-electron chi connectivity index (χ4n) is 2.29. The van der Waals surface area contributed by atoms with E-state index in [2.05, 4.69) is 52.4 Å². The molecule has 0 fully saturated rings. The Labute approximate surface area is 128 Å². The average molecular weight is 336 g/mol. The normalized spacial score (nSPS) is 12.4. The van der Waals surface area contributed by atoms with E-state index in [9.17, 15) is 4.39 Å². The molecule has 0 saturated carbocycles. The summed E-state index contributed by atoms with van der Waals surface area (Å²) in [6.45, 7) is 4.95. The number of rotatable bonds is 5. The first-order chi connectivity index (χ1) is 9.65. The summed E-state index contributed by atoms with van der Waals surface area (Å²) >= 11 is 3.30. The van der Waals surface area contributed by atoms with Gasteiger partial charge in [0, 0.05) is 10.0 Å². The summed E-state index contributed by atoms with van der Waals surface area (Å²) in [5, 5.41) is 3.36. The fraction of sp³-hybridized carbons (Fsp3) is 0.294. The second-order valence-corrected chi connectivity index (χ2v) is 5.67. The summed E-state index contributed by atoms with van der Waals surface area (Å²) in [5.74, 6) is -0.190. The zero-order chi connectivity index (χ0) is 14.5. The quantitative estimate of drug-likeness (QED) is 0.823. The average Bonchev–Trinajstić information content (AvgIpc) is 2.46. The summed E-state index contributed by atoms with van der Waals surface area (Å²) in [5.41, 5.74) is 3.06. The number of benzene rings is 2. The molecule has 2 aromatic carbocycles. The predicted octanol–water partition coefficient (Wildman–Crippen LogP) is 4.85. The first kappa shape index (κ1) is 15.2. The second kappa shape index (κ2) is 7.00. The van der Waals surface area contributed by atoms with Crippen LogP contribution in [0.1, 0.15) is 36.6 Å². The van der Waals surface area contributed by atoms with Crippen molar-refractivity contribution in [2.45, 2.75) is 26.3 Å². The molecule has 3 heteroatoms. The van der Waals surface area contributed by atoms with Gasteiger partial charge in [-0.05, 0) is 36.2 Å². The van der Waals surface area contributed by atoms with Gasteiger partial charge in [-0.1, -0.05) is 60.1 Å². The van der Waals surface area contributed by atoms with Crippen LogP contribution in [0.25, 0.3) is 0 Å². The Hall–Kier alpha value is -1.19. The molecule has 1 N–H and O–H groups in total. The molecule has 106 valence electrons. The lowest BCUT2D eigenvalue weighted by Crippen LogP contribution is -2.23. The van der Waals surface area contributed by atoms with E-state index in [4.69, 9.17) is 0 Å². The van der Waals surface area contributed by atoms with E-state index in [0.717, 1.165) is 23.0 Å². The molecule has 0 aliphatic rings. The van der Waals surface area contributed by atoms with Gasteiger partial charge in [0.05, 0.1) is 6.04 Å². The van der Waals surface area contributed by atoms with Crippen molar-refractivity contribution in [3.05, 3.63) is 69.4 Å². The molecular weight excluding hydrogens is 317 g/mol. The van der Waals surface area contributed by atoms with Crippen LogP contribution in [0, 0.1) is 5.82 Å². The van der Waals surface area contributed by atoms with E-state index in [1.165, 1.54) is 11.6 Å². The Kier molecular flexibility index (Phi) is 5.32. The number of aryl methyl sites for hydroxylation is 1. The number of hydrogen-bond acceptors (Lipinski definition) is 1. The Morgan fingerprint density at radius 3 is 2.35 bits per heavy atom. The Morgan fingerprint density at radius 2 is 1.80 bits per heavy atom. The van der Waals surface area contributed by atoms with Crippen molar-refractivity contribution in [1.29, 1.82) is 0 Å². The SMILES string of the molecule is CCNC(c1ccc(CC)cc1)c1ccc(Br)cc1F. The van der Waals surface area contributed by atoms with Crippen LogP contribution in [0.4, 0.5) is 4.39 Å². The zero-order valence-electron chi connectivity index (χ0n) is 11.8. The molecule has 0 spiro atoms. The molecule has 20 heavy (non-hydrogen) atoms. The molecule has 0 bridgehead atoms. The highest BCUT2D eigenvalue weighted by Crippen LogP contribution is 2.26. The monoisotopic (exact) mass is 335 g/mol. The summed E-state index contributed by atoms with van der Waals surface area (Å²) in [4.78, 5) is 0. The van der Waals surface area contributed by atoms with Gasteiger partial charge in [-0.3, -0.25) is 0 Å². The third kappa shape index (κ3) is 3.47. The van der Waals surface area contributed by atoms with Crippen molar-refractivity contribution in [2.24, 2.45) is 0 Å².